The number of sulfone groups is 1. The zero-order chi connectivity index (χ0) is 14.1. The molecule has 1 aromatic rings. The molecule has 0 fully saturated rings. The Morgan fingerprint density at radius 1 is 1.56 bits per heavy atom. The van der Waals surface area contributed by atoms with Gasteiger partial charge >= 0.3 is 0 Å². The van der Waals surface area contributed by atoms with Crippen molar-refractivity contribution in [3.63, 3.8) is 0 Å². The SMILES string of the molecule is CCNC(c1c(Br)cnn1C)C(C)(C)S(C)(=O)=O. The van der Waals surface area contributed by atoms with Gasteiger partial charge in [-0.05, 0) is 36.3 Å². The zero-order valence-electron chi connectivity index (χ0n) is 11.4. The maximum Gasteiger partial charge on any atom is 0.154 e. The van der Waals surface area contributed by atoms with Crippen LogP contribution < -0.4 is 5.32 Å². The third kappa shape index (κ3) is 2.78. The van der Waals surface area contributed by atoms with Crippen molar-refractivity contribution in [2.24, 2.45) is 7.05 Å². The van der Waals surface area contributed by atoms with Crippen LogP contribution in [0.2, 0.25) is 0 Å². The summed E-state index contributed by atoms with van der Waals surface area (Å²) in [7, 11) is -1.40. The van der Waals surface area contributed by atoms with Crippen molar-refractivity contribution in [2.75, 3.05) is 12.8 Å². The first-order valence-corrected chi connectivity index (χ1v) is 8.41. The molecule has 5 nitrogen and oxygen atoms in total. The molecule has 7 heteroatoms. The first kappa shape index (κ1) is 15.7. The third-order valence-electron chi connectivity index (χ3n) is 3.27. The van der Waals surface area contributed by atoms with Crippen LogP contribution in [-0.2, 0) is 16.9 Å². The van der Waals surface area contributed by atoms with Crippen molar-refractivity contribution in [1.29, 1.82) is 0 Å². The van der Waals surface area contributed by atoms with Crippen molar-refractivity contribution >= 4 is 25.8 Å². The van der Waals surface area contributed by atoms with E-state index in [0.29, 0.717) is 6.54 Å². The van der Waals surface area contributed by atoms with Crippen molar-refractivity contribution in [3.05, 3.63) is 16.4 Å². The van der Waals surface area contributed by atoms with Gasteiger partial charge in [-0.2, -0.15) is 5.10 Å². The molecule has 1 heterocycles. The molecule has 1 unspecified atom stereocenters. The third-order valence-corrected chi connectivity index (χ3v) is 6.03. The van der Waals surface area contributed by atoms with E-state index in [2.05, 4.69) is 26.3 Å². The Kier molecular flexibility index (Phi) is 4.61. The number of halogens is 1. The maximum atomic E-state index is 12.0. The molecule has 18 heavy (non-hydrogen) atoms. The zero-order valence-corrected chi connectivity index (χ0v) is 13.8. The van der Waals surface area contributed by atoms with Crippen molar-refractivity contribution in [2.45, 2.75) is 31.6 Å². The quantitative estimate of drug-likeness (QED) is 0.887. The Bertz CT molecular complexity index is 503. The predicted molar refractivity (Wildman–Crippen MR) is 76.2 cm³/mol. The van der Waals surface area contributed by atoms with Crippen LogP contribution in [0.5, 0.6) is 0 Å². The van der Waals surface area contributed by atoms with Crippen LogP contribution in [0.15, 0.2) is 10.7 Å². The van der Waals surface area contributed by atoms with Gasteiger partial charge in [0.2, 0.25) is 0 Å². The smallest absolute Gasteiger partial charge is 0.154 e. The first-order valence-electron chi connectivity index (χ1n) is 5.73. The lowest BCUT2D eigenvalue weighted by Gasteiger charge is -2.33. The van der Waals surface area contributed by atoms with Crippen LogP contribution in [-0.4, -0.2) is 35.7 Å². The molecule has 0 bridgehead atoms. The van der Waals surface area contributed by atoms with Crippen LogP contribution in [0.3, 0.4) is 0 Å². The van der Waals surface area contributed by atoms with E-state index in [4.69, 9.17) is 0 Å². The van der Waals surface area contributed by atoms with E-state index in [1.807, 2.05) is 14.0 Å². The summed E-state index contributed by atoms with van der Waals surface area (Å²) in [5.41, 5.74) is 0.840. The number of nitrogens with zero attached hydrogens (tertiary/aromatic N) is 2. The molecule has 1 atom stereocenters. The summed E-state index contributed by atoms with van der Waals surface area (Å²) in [6.07, 6.45) is 2.94. The molecule has 0 saturated carbocycles. The maximum absolute atomic E-state index is 12.0. The van der Waals surface area contributed by atoms with E-state index in [0.717, 1.165) is 10.2 Å². The highest BCUT2D eigenvalue weighted by Crippen LogP contribution is 2.35. The standard InChI is InChI=1S/C11H20BrN3O2S/c1-6-13-10(11(2,3)18(5,16)17)9-8(12)7-14-15(9)4/h7,10,13H,6H2,1-5H3. The molecule has 1 rings (SSSR count). The summed E-state index contributed by atoms with van der Waals surface area (Å²) in [5.74, 6) is 0. The van der Waals surface area contributed by atoms with Crippen LogP contribution in [0.4, 0.5) is 0 Å². The molecule has 0 aromatic carbocycles. The van der Waals surface area contributed by atoms with Gasteiger partial charge in [0.05, 0.1) is 27.2 Å². The number of aromatic nitrogens is 2. The molecule has 1 N–H and O–H groups in total. The summed E-state index contributed by atoms with van der Waals surface area (Å²) >= 11 is 3.43. The normalized spacial score (nSPS) is 14.8. The van der Waals surface area contributed by atoms with Crippen molar-refractivity contribution in [3.8, 4) is 0 Å². The summed E-state index contributed by atoms with van der Waals surface area (Å²) in [6, 6.07) is -0.320. The number of nitrogens with one attached hydrogen (secondary N) is 1. The average Bonchev–Trinajstić information content (AvgIpc) is 2.54. The molecule has 104 valence electrons. The molecule has 0 spiro atoms. The molecule has 0 aliphatic carbocycles. The number of hydrogen-bond acceptors (Lipinski definition) is 4. The minimum atomic E-state index is -3.21. The fourth-order valence-corrected chi connectivity index (χ4v) is 3.04. The van der Waals surface area contributed by atoms with Crippen LogP contribution >= 0.6 is 15.9 Å². The summed E-state index contributed by atoms with van der Waals surface area (Å²) in [6.45, 7) is 6.10. The molecule has 0 saturated heterocycles. The monoisotopic (exact) mass is 337 g/mol. The van der Waals surface area contributed by atoms with Crippen molar-refractivity contribution in [1.82, 2.24) is 15.1 Å². The molecular formula is C11H20BrN3O2S. The number of aryl methyl sites for hydroxylation is 1. The lowest BCUT2D eigenvalue weighted by atomic mass is 9.99. The Balaban J connectivity index is 3.36. The van der Waals surface area contributed by atoms with Gasteiger partial charge in [-0.25, -0.2) is 8.42 Å². The summed E-state index contributed by atoms with van der Waals surface area (Å²) < 4.78 is 25.6. The molecular weight excluding hydrogens is 318 g/mol. The first-order chi connectivity index (χ1) is 8.13. The highest BCUT2D eigenvalue weighted by molar-refractivity contribution is 9.10. The molecule has 1 aromatic heterocycles. The molecule has 0 aliphatic rings. The van der Waals surface area contributed by atoms with Gasteiger partial charge in [0.15, 0.2) is 9.84 Å². The van der Waals surface area contributed by atoms with Gasteiger partial charge in [-0.15, -0.1) is 0 Å². The van der Waals surface area contributed by atoms with Gasteiger partial charge in [0.25, 0.3) is 0 Å². The summed E-state index contributed by atoms with van der Waals surface area (Å²) in [4.78, 5) is 0. The second kappa shape index (κ2) is 5.30. The van der Waals surface area contributed by atoms with E-state index >= 15 is 0 Å². The topological polar surface area (TPSA) is 64.0 Å². The average molecular weight is 338 g/mol. The minimum absolute atomic E-state index is 0.320. The van der Waals surface area contributed by atoms with E-state index in [1.165, 1.54) is 6.26 Å². The van der Waals surface area contributed by atoms with Gasteiger partial charge in [-0.3, -0.25) is 4.68 Å². The summed E-state index contributed by atoms with van der Waals surface area (Å²) in [5, 5.41) is 7.39. The Morgan fingerprint density at radius 3 is 2.44 bits per heavy atom. The largest absolute Gasteiger partial charge is 0.308 e. The fraction of sp³-hybridized carbons (Fsp3) is 0.727. The van der Waals surface area contributed by atoms with E-state index in [9.17, 15) is 8.42 Å². The minimum Gasteiger partial charge on any atom is -0.308 e. The van der Waals surface area contributed by atoms with Gasteiger partial charge in [0, 0.05) is 13.3 Å². The predicted octanol–water partition coefficient (Wildman–Crippen LogP) is 1.66. The highest BCUT2D eigenvalue weighted by atomic mass is 79.9. The van der Waals surface area contributed by atoms with Gasteiger partial charge < -0.3 is 5.32 Å². The van der Waals surface area contributed by atoms with Crippen LogP contribution in [0.25, 0.3) is 0 Å². The Hall–Kier alpha value is -0.400. The van der Waals surface area contributed by atoms with E-state index < -0.39 is 14.6 Å². The van der Waals surface area contributed by atoms with Gasteiger partial charge in [0.1, 0.15) is 0 Å². The molecule has 0 radical (unpaired) electrons. The second-order valence-electron chi connectivity index (χ2n) is 4.87. The lowest BCUT2D eigenvalue weighted by Crippen LogP contribution is -2.45. The lowest BCUT2D eigenvalue weighted by molar-refractivity contribution is 0.406. The van der Waals surface area contributed by atoms with E-state index in [-0.39, 0.29) is 6.04 Å². The van der Waals surface area contributed by atoms with E-state index in [1.54, 1.807) is 24.7 Å². The Labute approximate surface area is 117 Å². The number of hydrogen-bond donors (Lipinski definition) is 1. The van der Waals surface area contributed by atoms with Crippen LogP contribution in [0, 0.1) is 0 Å². The Morgan fingerprint density at radius 2 is 2.11 bits per heavy atom. The molecule has 0 amide bonds. The second-order valence-corrected chi connectivity index (χ2v) is 8.32. The fourth-order valence-electron chi connectivity index (χ4n) is 1.83. The van der Waals surface area contributed by atoms with Gasteiger partial charge in [-0.1, -0.05) is 6.92 Å². The van der Waals surface area contributed by atoms with Crippen molar-refractivity contribution < 1.29 is 8.42 Å². The van der Waals surface area contributed by atoms with Crippen LogP contribution in [0.1, 0.15) is 32.5 Å². The number of rotatable bonds is 5. The molecule has 0 aliphatic heterocycles. The highest BCUT2D eigenvalue weighted by Gasteiger charge is 2.41.